The minimum absolute atomic E-state index is 1.33. The lowest BCUT2D eigenvalue weighted by Gasteiger charge is -1.71. The minimum Gasteiger partial charge on any atom is -0.303 e. The first-order valence-corrected chi connectivity index (χ1v) is 24.0. The van der Waals surface area contributed by atoms with Gasteiger partial charge >= 0.3 is 0 Å². The van der Waals surface area contributed by atoms with E-state index in [-0.39, 0.29) is 0 Å². The predicted octanol–water partition coefficient (Wildman–Crippen LogP) is 20.5. The van der Waals surface area contributed by atoms with E-state index >= 15 is 0 Å². The van der Waals surface area contributed by atoms with Gasteiger partial charge in [-0.2, -0.15) is 0 Å². The average molecular weight is 1710 g/mol. The molecular weight excluding hydrogens is 1710 g/mol. The van der Waals surface area contributed by atoms with Crippen LogP contribution in [0.4, 0.5) is 0 Å². The highest BCUT2D eigenvalue weighted by molar-refractivity contribution is 14.1. The Kier molecular flexibility index (Phi) is 73.8. The molecular formula is CH3IN112. The quantitative estimate of drug-likeness (QED) is 0.0200. The van der Waals surface area contributed by atoms with E-state index in [1.807, 2.05) is 22.6 Å². The fourth-order valence-corrected chi connectivity index (χ4v) is 2.09. The molecule has 0 radical (unpaired) electrons. The molecule has 0 heterocycles. The third-order valence-electron chi connectivity index (χ3n) is 4.47. The highest BCUT2D eigenvalue weighted by atomic mass is 127. The third-order valence-corrected chi connectivity index (χ3v) is 4.72. The van der Waals surface area contributed by atoms with Crippen LogP contribution in [0.1, 0.15) is 0 Å². The Morgan fingerprint density at radius 1 is 0.0877 bits per heavy atom. The molecule has 2 N–H and O–H groups in total. The van der Waals surface area contributed by atoms with Crippen molar-refractivity contribution in [2.24, 2.45) is 586 Å². The van der Waals surface area contributed by atoms with Crippen molar-refractivity contribution < 1.29 is 0 Å². The summed E-state index contributed by atoms with van der Waals surface area (Å²) in [5, 5.41) is 333. The molecule has 0 bridgehead atoms. The Morgan fingerprint density at radius 2 is 0.140 bits per heavy atom. The summed E-state index contributed by atoms with van der Waals surface area (Å²) in [6.45, 7) is 0. The molecule has 0 aromatic rings. The molecule has 0 aromatic carbocycles. The minimum atomic E-state index is 1.33. The standard InChI is InChI=1S/CH3IN112/c2-1-4-6-8-10-12-14-16-18-20-22-24-26-28-30-32-34-36-38-40-42-44-46-48-50-52-54-56-58-60-62-64-66-68-70-72-74-76-78-80-82-84-86-88-90-92-94-96-98-100-102-104-106-108-110-112-114-113-111-109-107-105-103-101-99-97-95-93-91-89-87-85-83-81-79-77-75-73-71-69-67-65-63-61-59-57-55-53-51-49-47-45-43-41-39-37-35-33-31-29-27-25-23-21-19-17-15-13-11-9-7-5-3/h1H,(H2,3,6,7,10,11,14,15,18,19,22,23,26,27,30,31,34,35,38,39,42,43,46,47,50,51,54,55,58,59,62,63,66,67,70,71,74,75,78,79,82,83,86,87,90,91,94,95,98,99,102,103,106,107,110,111,114). The van der Waals surface area contributed by atoms with Gasteiger partial charge in [0.15, 0.2) is 0 Å². The van der Waals surface area contributed by atoms with Crippen LogP contribution in [0.5, 0.6) is 0 Å². The van der Waals surface area contributed by atoms with Gasteiger partial charge in [-0.15, -0.1) is 5.10 Å². The number of rotatable bonds is 55. The normalized spacial score (nSPS) is 15.8. The molecule has 114 heavy (non-hydrogen) atoms. The maximum Gasteiger partial charge on any atom is 0.0897 e. The van der Waals surface area contributed by atoms with Crippen LogP contribution in [0.3, 0.4) is 0 Å². The van der Waals surface area contributed by atoms with Gasteiger partial charge in [-0.1, -0.05) is 5.22 Å². The molecule has 0 saturated heterocycles. The first-order valence-electron chi connectivity index (χ1n) is 22.7. The maximum absolute atomic E-state index is 4.64. The van der Waals surface area contributed by atoms with Crippen molar-refractivity contribution in [2.45, 2.75) is 0 Å². The topological polar surface area (TPSA) is 1400 Å². The van der Waals surface area contributed by atoms with E-state index in [1.54, 1.807) is 0 Å². The van der Waals surface area contributed by atoms with Crippen LogP contribution in [-0.4, -0.2) is 4.22 Å². The number of hydrogen-bond acceptors (Lipinski definition) is 2. The zero-order valence-corrected chi connectivity index (χ0v) is 53.3. The molecule has 0 aliphatic carbocycles. The van der Waals surface area contributed by atoms with E-state index in [1.165, 1.54) is 4.22 Å². The molecule has 0 unspecified atom stereocenters. The molecule has 0 amide bonds. The molecule has 0 aromatic heterocycles. The fraction of sp³-hybridized carbons (Fsp3) is 0. The van der Waals surface area contributed by atoms with Crippen LogP contribution < -0.4 is 5.84 Å². The van der Waals surface area contributed by atoms with Gasteiger partial charge in [0.2, 0.25) is 0 Å². The molecule has 0 fully saturated rings. The molecule has 112 nitrogen and oxygen atoms in total. The molecule has 0 spiro atoms. The Morgan fingerprint density at radius 3 is 0.193 bits per heavy atom. The Hall–Kier alpha value is -21.8. The second-order valence-electron chi connectivity index (χ2n) is 10.1. The number of hydrogen-bond donors (Lipinski definition) is 1. The summed E-state index contributed by atoms with van der Waals surface area (Å²) >= 11 is 1.81. The molecule has 0 aliphatic rings. The lowest BCUT2D eigenvalue weighted by atomic mass is 11.7. The summed E-state index contributed by atoms with van der Waals surface area (Å²) in [5.41, 5.74) is 0. The third kappa shape index (κ3) is 90.2. The van der Waals surface area contributed by atoms with Crippen LogP contribution in [0, 0.1) is 0 Å². The highest BCUT2D eigenvalue weighted by Gasteiger charge is 1.81. The lowest BCUT2D eigenvalue weighted by Crippen LogP contribution is -1.70. The van der Waals surface area contributed by atoms with Gasteiger partial charge in [0, 0.05) is 491 Å². The first-order chi connectivity index (χ1) is 56.9. The molecule has 113 heteroatoms. The van der Waals surface area contributed by atoms with Gasteiger partial charge in [-0.25, -0.2) is 0 Å². The van der Waals surface area contributed by atoms with Crippen LogP contribution >= 0.6 is 22.6 Å². The van der Waals surface area contributed by atoms with E-state index in [2.05, 4.69) is 586 Å². The van der Waals surface area contributed by atoms with E-state index in [0.29, 0.717) is 0 Å². The number of halogens is 1. The lowest BCUT2D eigenvalue weighted by molar-refractivity contribution is 0.723. The molecule has 0 atom stereocenters. The van der Waals surface area contributed by atoms with Crippen LogP contribution in [0.25, 0.3) is 0 Å². The Labute approximate surface area is 611 Å². The van der Waals surface area contributed by atoms with Crippen molar-refractivity contribution >= 4 is 26.8 Å². The molecule has 574 valence electrons. The van der Waals surface area contributed by atoms with E-state index in [9.17, 15) is 0 Å². The van der Waals surface area contributed by atoms with Crippen LogP contribution in [0.2, 0.25) is 0 Å². The van der Waals surface area contributed by atoms with Gasteiger partial charge in [-0.05, 0) is 101 Å². The fourth-order valence-electron chi connectivity index (χ4n) is 1.98. The molecule has 0 saturated carbocycles. The monoisotopic (exact) mass is 1710 g/mol. The van der Waals surface area contributed by atoms with E-state index in [4.69, 9.17) is 0 Å². The average Bonchev–Trinajstić information content (AvgIpc) is 2.83. The predicted molar refractivity (Wildman–Crippen MR) is 294 cm³/mol. The van der Waals surface area contributed by atoms with Crippen LogP contribution in [-0.2, 0) is 0 Å². The maximum atomic E-state index is 4.64. The zero-order valence-electron chi connectivity index (χ0n) is 51.2. The summed E-state index contributed by atoms with van der Waals surface area (Å²) in [7, 11) is 0. The van der Waals surface area contributed by atoms with Gasteiger partial charge in [0.25, 0.3) is 0 Å². The van der Waals surface area contributed by atoms with Crippen molar-refractivity contribution in [2.75, 3.05) is 0 Å². The number of nitrogens with two attached hydrogens (primary N) is 1. The Bertz CT molecular complexity index is 3970. The summed E-state index contributed by atoms with van der Waals surface area (Å²) in [4.78, 5) is 0. The summed E-state index contributed by atoms with van der Waals surface area (Å²) in [5.74, 6) is 4.64. The second-order valence-corrected chi connectivity index (χ2v) is 10.6. The zero-order chi connectivity index (χ0) is 81.2. The van der Waals surface area contributed by atoms with Crippen molar-refractivity contribution in [1.82, 2.24) is 0 Å². The first kappa shape index (κ1) is 92.2. The van der Waals surface area contributed by atoms with Gasteiger partial charge in [-0.3, -0.25) is 0 Å². The second kappa shape index (κ2) is 91.2. The van der Waals surface area contributed by atoms with Gasteiger partial charge in [0.05, 0.1) is 4.22 Å². The van der Waals surface area contributed by atoms with Crippen molar-refractivity contribution in [3.63, 3.8) is 0 Å². The molecule has 0 rings (SSSR count). The Balaban J connectivity index is 4.13. The largest absolute Gasteiger partial charge is 0.303 e. The smallest absolute Gasteiger partial charge is 0.0897 e. The summed E-state index contributed by atoms with van der Waals surface area (Å²) < 4.78 is 1.33. The van der Waals surface area contributed by atoms with Crippen LogP contribution in [0.15, 0.2) is 580 Å². The number of nitrogens with zero attached hydrogens (tertiary/aromatic N) is 111. The van der Waals surface area contributed by atoms with E-state index < -0.39 is 0 Å². The molecule has 0 aliphatic heterocycles. The van der Waals surface area contributed by atoms with Gasteiger partial charge in [0.1, 0.15) is 0 Å². The van der Waals surface area contributed by atoms with Crippen molar-refractivity contribution in [3.05, 3.63) is 0 Å². The highest BCUT2D eigenvalue weighted by Crippen LogP contribution is 2.00. The van der Waals surface area contributed by atoms with Crippen molar-refractivity contribution in [1.29, 1.82) is 0 Å². The SMILES string of the molecule is NN=NN=NN=NN=NN=NN=NN=NN=NN=NN=NN=NN=NN=NN=NN=NN=NN=NN=NN=NN=NN=NN=NN=NN=NN=NN=NN=NN=NN=NN=NN=NN=NN=NN=NN=NN=NN=NN=NN=NN=NN=NN=NN=NN=NN=NN=NN=NN=NN=NN=NN=NN=NN=NN=NN=NN=CI. The summed E-state index contributed by atoms with van der Waals surface area (Å²) in [6.07, 6.45) is 0. The van der Waals surface area contributed by atoms with Crippen molar-refractivity contribution in [3.8, 4) is 0 Å². The van der Waals surface area contributed by atoms with E-state index in [0.717, 1.165) is 0 Å². The summed E-state index contributed by atoms with van der Waals surface area (Å²) in [6, 6.07) is 0. The van der Waals surface area contributed by atoms with Gasteiger partial charge < -0.3 is 5.84 Å².